The Bertz CT molecular complexity index is 325. The van der Waals surface area contributed by atoms with Crippen LogP contribution in [0.4, 0.5) is 17.6 Å². The third kappa shape index (κ3) is 1.84. The fraction of sp³-hybridized carbons (Fsp3) is 1.00. The smallest absolute Gasteiger partial charge is 0.232 e. The molecule has 2 nitrogen and oxygen atoms in total. The number of halogens is 5. The molecule has 2 unspecified atom stereocenters. The molecule has 0 N–H and O–H groups in total. The Balaban J connectivity index is 3.11. The van der Waals surface area contributed by atoms with Crippen LogP contribution in [0.25, 0.3) is 0 Å². The second-order valence-corrected chi connectivity index (χ2v) is 6.03. The second-order valence-electron chi connectivity index (χ2n) is 3.22. The summed E-state index contributed by atoms with van der Waals surface area (Å²) < 4.78 is 71.5. The van der Waals surface area contributed by atoms with Crippen molar-refractivity contribution in [2.24, 2.45) is 0 Å². The Morgan fingerprint density at radius 2 is 1.86 bits per heavy atom. The lowest BCUT2D eigenvalue weighted by Crippen LogP contribution is -2.49. The second kappa shape index (κ2) is 3.23. The molecule has 1 saturated carbocycles. The van der Waals surface area contributed by atoms with E-state index in [9.17, 15) is 26.0 Å². The van der Waals surface area contributed by atoms with Gasteiger partial charge in [-0.2, -0.15) is 13.2 Å². The lowest BCUT2D eigenvalue weighted by atomic mass is 10.0. The van der Waals surface area contributed by atoms with Gasteiger partial charge in [-0.05, 0) is 19.3 Å². The first-order valence-corrected chi connectivity index (χ1v) is 6.15. The van der Waals surface area contributed by atoms with Crippen LogP contribution in [0.15, 0.2) is 0 Å². The third-order valence-electron chi connectivity index (χ3n) is 2.33. The van der Waals surface area contributed by atoms with Crippen LogP contribution in [0.1, 0.15) is 19.3 Å². The largest absolute Gasteiger partial charge is 0.423 e. The molecule has 0 radical (unpaired) electrons. The van der Waals surface area contributed by atoms with Gasteiger partial charge in [-0.3, -0.25) is 0 Å². The van der Waals surface area contributed by atoms with Gasteiger partial charge in [0, 0.05) is 10.7 Å². The highest BCUT2D eigenvalue weighted by atomic mass is 35.7. The van der Waals surface area contributed by atoms with E-state index in [-0.39, 0.29) is 12.8 Å². The minimum atomic E-state index is -5.18. The van der Waals surface area contributed by atoms with Gasteiger partial charge in [0.1, 0.15) is 5.25 Å². The zero-order valence-electron chi connectivity index (χ0n) is 6.81. The summed E-state index contributed by atoms with van der Waals surface area (Å²) in [5.74, 6) is 0. The summed E-state index contributed by atoms with van der Waals surface area (Å²) >= 11 is 0. The summed E-state index contributed by atoms with van der Waals surface area (Å²) in [6, 6.07) is 0. The Labute approximate surface area is 82.7 Å². The quantitative estimate of drug-likeness (QED) is 0.532. The minimum Gasteiger partial charge on any atom is -0.232 e. The highest BCUT2D eigenvalue weighted by Gasteiger charge is 2.66. The lowest BCUT2D eigenvalue weighted by Gasteiger charge is -2.27. The van der Waals surface area contributed by atoms with Crippen LogP contribution in [-0.2, 0) is 9.05 Å². The van der Waals surface area contributed by atoms with Crippen LogP contribution in [0.2, 0.25) is 0 Å². The van der Waals surface area contributed by atoms with Crippen molar-refractivity contribution in [1.82, 2.24) is 0 Å². The first-order valence-electron chi connectivity index (χ1n) is 3.78. The number of rotatable bonds is 1. The van der Waals surface area contributed by atoms with Gasteiger partial charge in [0.15, 0.2) is 0 Å². The molecular formula is C6H7ClF4O2S. The van der Waals surface area contributed by atoms with Crippen molar-refractivity contribution in [2.45, 2.75) is 36.4 Å². The summed E-state index contributed by atoms with van der Waals surface area (Å²) in [4.78, 5) is 0. The monoisotopic (exact) mass is 254 g/mol. The first kappa shape index (κ1) is 12.0. The molecule has 0 aromatic carbocycles. The normalized spacial score (nSPS) is 34.8. The van der Waals surface area contributed by atoms with E-state index in [2.05, 4.69) is 0 Å². The maximum Gasteiger partial charge on any atom is 0.423 e. The van der Waals surface area contributed by atoms with Gasteiger partial charge in [0.05, 0.1) is 0 Å². The molecule has 0 amide bonds. The van der Waals surface area contributed by atoms with E-state index >= 15 is 0 Å². The molecule has 1 rings (SSSR count). The van der Waals surface area contributed by atoms with Gasteiger partial charge >= 0.3 is 6.18 Å². The molecule has 1 aliphatic rings. The minimum absolute atomic E-state index is 0.132. The number of alkyl halides is 4. The lowest BCUT2D eigenvalue weighted by molar-refractivity contribution is -0.225. The van der Waals surface area contributed by atoms with E-state index < -0.39 is 32.6 Å². The molecule has 84 valence electrons. The molecular weight excluding hydrogens is 248 g/mol. The topological polar surface area (TPSA) is 34.1 Å². The average Bonchev–Trinajstić information content (AvgIpc) is 2.28. The molecule has 0 aromatic rings. The summed E-state index contributed by atoms with van der Waals surface area (Å²) in [5.41, 5.74) is -3.69. The van der Waals surface area contributed by atoms with Crippen LogP contribution in [-0.4, -0.2) is 25.5 Å². The molecule has 14 heavy (non-hydrogen) atoms. The van der Waals surface area contributed by atoms with Gasteiger partial charge in [0.2, 0.25) is 14.7 Å². The van der Waals surface area contributed by atoms with E-state index in [1.54, 1.807) is 0 Å². The number of hydrogen-bond acceptors (Lipinski definition) is 2. The van der Waals surface area contributed by atoms with E-state index in [1.807, 2.05) is 0 Å². The molecule has 0 bridgehead atoms. The molecule has 0 spiro atoms. The van der Waals surface area contributed by atoms with Gasteiger partial charge in [-0.15, -0.1) is 0 Å². The van der Waals surface area contributed by atoms with Crippen LogP contribution < -0.4 is 0 Å². The fourth-order valence-corrected chi connectivity index (χ4v) is 3.46. The standard InChI is InChI=1S/C6H7ClF4O2S/c7-14(12,13)4-2-1-3-5(4,8)6(9,10)11/h4H,1-3H2. The molecule has 8 heteroatoms. The molecule has 0 aliphatic heterocycles. The zero-order chi connectivity index (χ0) is 11.2. The van der Waals surface area contributed by atoms with Crippen molar-refractivity contribution in [3.8, 4) is 0 Å². The van der Waals surface area contributed by atoms with Crippen LogP contribution in [0.3, 0.4) is 0 Å². The Kier molecular flexibility index (Phi) is 2.78. The summed E-state index contributed by atoms with van der Waals surface area (Å²) in [6.07, 6.45) is -6.54. The third-order valence-corrected chi connectivity index (χ3v) is 4.26. The molecule has 2 atom stereocenters. The Morgan fingerprint density at radius 3 is 2.14 bits per heavy atom. The Hall–Kier alpha value is -0.0400. The van der Waals surface area contributed by atoms with Gasteiger partial charge in [-0.1, -0.05) is 0 Å². The van der Waals surface area contributed by atoms with Crippen molar-refractivity contribution >= 4 is 19.7 Å². The molecule has 0 aromatic heterocycles. The zero-order valence-corrected chi connectivity index (χ0v) is 8.39. The van der Waals surface area contributed by atoms with Crippen molar-refractivity contribution in [3.63, 3.8) is 0 Å². The van der Waals surface area contributed by atoms with Gasteiger partial charge in [0.25, 0.3) is 0 Å². The van der Waals surface area contributed by atoms with Crippen LogP contribution in [0.5, 0.6) is 0 Å². The Morgan fingerprint density at radius 1 is 1.36 bits per heavy atom. The van der Waals surface area contributed by atoms with E-state index in [0.29, 0.717) is 0 Å². The van der Waals surface area contributed by atoms with E-state index in [0.717, 1.165) is 0 Å². The molecule has 1 aliphatic carbocycles. The van der Waals surface area contributed by atoms with Crippen molar-refractivity contribution < 1.29 is 26.0 Å². The fourth-order valence-electron chi connectivity index (χ4n) is 1.62. The highest BCUT2D eigenvalue weighted by Crippen LogP contribution is 2.49. The van der Waals surface area contributed by atoms with Gasteiger partial charge < -0.3 is 0 Å². The predicted molar refractivity (Wildman–Crippen MR) is 42.3 cm³/mol. The van der Waals surface area contributed by atoms with Crippen molar-refractivity contribution in [1.29, 1.82) is 0 Å². The van der Waals surface area contributed by atoms with Crippen LogP contribution >= 0.6 is 10.7 Å². The van der Waals surface area contributed by atoms with E-state index in [4.69, 9.17) is 10.7 Å². The maximum absolute atomic E-state index is 13.4. The first-order chi connectivity index (χ1) is 6.09. The molecule has 0 heterocycles. The predicted octanol–water partition coefficient (Wildman–Crippen LogP) is 2.38. The highest BCUT2D eigenvalue weighted by molar-refractivity contribution is 8.14. The molecule has 1 fully saturated rings. The molecule has 0 saturated heterocycles. The van der Waals surface area contributed by atoms with Crippen molar-refractivity contribution in [2.75, 3.05) is 0 Å². The SMILES string of the molecule is O=S(=O)(Cl)C1CCCC1(F)C(F)(F)F. The van der Waals surface area contributed by atoms with Crippen molar-refractivity contribution in [3.05, 3.63) is 0 Å². The number of hydrogen-bond donors (Lipinski definition) is 0. The summed E-state index contributed by atoms with van der Waals surface area (Å²) in [7, 11) is 0.246. The summed E-state index contributed by atoms with van der Waals surface area (Å²) in [5, 5.41) is -2.17. The maximum atomic E-state index is 13.4. The van der Waals surface area contributed by atoms with Gasteiger partial charge in [-0.25, -0.2) is 12.8 Å². The van der Waals surface area contributed by atoms with Crippen LogP contribution in [0, 0.1) is 0 Å². The average molecular weight is 255 g/mol. The summed E-state index contributed by atoms with van der Waals surface area (Å²) in [6.45, 7) is 0. The van der Waals surface area contributed by atoms with E-state index in [1.165, 1.54) is 0 Å².